The molecule has 0 saturated heterocycles. The van der Waals surface area contributed by atoms with Gasteiger partial charge in [0.2, 0.25) is 0 Å². The fraction of sp³-hybridized carbons (Fsp3) is 0.417. The number of carbonyl (C=O) groups is 2. The molecule has 0 fully saturated rings. The molecule has 0 aliphatic carbocycles. The van der Waals surface area contributed by atoms with Gasteiger partial charge in [-0.1, -0.05) is 6.07 Å². The van der Waals surface area contributed by atoms with E-state index in [1.807, 2.05) is 0 Å². The van der Waals surface area contributed by atoms with E-state index in [9.17, 15) is 9.59 Å². The highest BCUT2D eigenvalue weighted by Gasteiger charge is 2.43. The number of esters is 1. The second-order valence-electron chi connectivity index (χ2n) is 3.86. The van der Waals surface area contributed by atoms with Gasteiger partial charge in [-0.2, -0.15) is 0 Å². The van der Waals surface area contributed by atoms with Crippen LogP contribution < -0.4 is 0 Å². The molecule has 0 amide bonds. The van der Waals surface area contributed by atoms with Gasteiger partial charge < -0.3 is 9.84 Å². The predicted molar refractivity (Wildman–Crippen MR) is 60.3 cm³/mol. The molecule has 0 saturated carbocycles. The maximum atomic E-state index is 11.7. The number of nitrogens with zero attached hydrogens (tertiary/aromatic N) is 1. The summed E-state index contributed by atoms with van der Waals surface area (Å²) in [6, 6.07) is 5.15. The van der Waals surface area contributed by atoms with Gasteiger partial charge in [0, 0.05) is 18.3 Å². The van der Waals surface area contributed by atoms with Gasteiger partial charge in [0.1, 0.15) is 0 Å². The highest BCUT2D eigenvalue weighted by molar-refractivity contribution is 5.98. The Kier molecular flexibility index (Phi) is 4.20. The predicted octanol–water partition coefficient (Wildman–Crippen LogP) is 1.28. The molecule has 1 rings (SSSR count). The third-order valence-electron chi connectivity index (χ3n) is 2.46. The average Bonchev–Trinajstić information content (AvgIpc) is 2.30. The Hall–Kier alpha value is -1.91. The third kappa shape index (κ3) is 3.03. The first-order valence-corrected chi connectivity index (χ1v) is 5.31. The first kappa shape index (κ1) is 13.2. The molecule has 0 aliphatic rings. The first-order valence-electron chi connectivity index (χ1n) is 5.31. The number of hydrogen-bond acceptors (Lipinski definition) is 4. The molecule has 5 nitrogen and oxygen atoms in total. The molecule has 1 aromatic heterocycles. The quantitative estimate of drug-likeness (QED) is 0.616. The third-order valence-corrected chi connectivity index (χ3v) is 2.46. The number of carboxylic acids is 1. The maximum Gasteiger partial charge on any atom is 0.323 e. The smallest absolute Gasteiger partial charge is 0.323 e. The fourth-order valence-corrected chi connectivity index (χ4v) is 1.39. The average molecular weight is 237 g/mol. The van der Waals surface area contributed by atoms with Crippen molar-refractivity contribution in [1.29, 1.82) is 0 Å². The standard InChI is InChI=1S/C12H15NO4/c1-3-17-11(16)12(2,10(14)15)8-9-6-4-5-7-13-9/h4-7H,3,8H2,1-2H3,(H,14,15). The van der Waals surface area contributed by atoms with E-state index in [0.29, 0.717) is 5.69 Å². The summed E-state index contributed by atoms with van der Waals surface area (Å²) in [5.74, 6) is -1.94. The minimum atomic E-state index is -1.59. The number of aliphatic carboxylic acids is 1. The Morgan fingerprint density at radius 1 is 1.47 bits per heavy atom. The molecule has 5 heteroatoms. The van der Waals surface area contributed by atoms with Gasteiger partial charge in [0.15, 0.2) is 5.41 Å². The van der Waals surface area contributed by atoms with Crippen LogP contribution in [-0.2, 0) is 20.7 Å². The van der Waals surface area contributed by atoms with Crippen molar-refractivity contribution >= 4 is 11.9 Å². The van der Waals surface area contributed by atoms with E-state index < -0.39 is 17.4 Å². The molecule has 0 radical (unpaired) electrons. The summed E-state index contributed by atoms with van der Waals surface area (Å²) in [4.78, 5) is 26.9. The molecule has 1 atom stereocenters. The van der Waals surface area contributed by atoms with Crippen LogP contribution in [0.25, 0.3) is 0 Å². The Morgan fingerprint density at radius 2 is 2.18 bits per heavy atom. The Bertz CT molecular complexity index is 404. The van der Waals surface area contributed by atoms with Crippen molar-refractivity contribution in [2.75, 3.05) is 6.61 Å². The summed E-state index contributed by atoms with van der Waals surface area (Å²) in [7, 11) is 0. The largest absolute Gasteiger partial charge is 0.480 e. The van der Waals surface area contributed by atoms with Gasteiger partial charge in [0.05, 0.1) is 6.61 Å². The van der Waals surface area contributed by atoms with Gasteiger partial charge in [-0.05, 0) is 26.0 Å². The lowest BCUT2D eigenvalue weighted by Crippen LogP contribution is -2.40. The Morgan fingerprint density at radius 3 is 2.65 bits per heavy atom. The molecule has 0 spiro atoms. The fourth-order valence-electron chi connectivity index (χ4n) is 1.39. The zero-order valence-corrected chi connectivity index (χ0v) is 9.84. The number of hydrogen-bond donors (Lipinski definition) is 1. The zero-order valence-electron chi connectivity index (χ0n) is 9.84. The van der Waals surface area contributed by atoms with Crippen molar-refractivity contribution in [3.8, 4) is 0 Å². The van der Waals surface area contributed by atoms with Crippen LogP contribution in [0.1, 0.15) is 19.5 Å². The molecular weight excluding hydrogens is 222 g/mol. The van der Waals surface area contributed by atoms with Crippen LogP contribution in [0.4, 0.5) is 0 Å². The molecular formula is C12H15NO4. The van der Waals surface area contributed by atoms with E-state index in [0.717, 1.165) is 0 Å². The number of aromatic nitrogens is 1. The van der Waals surface area contributed by atoms with E-state index >= 15 is 0 Å². The summed E-state index contributed by atoms with van der Waals surface area (Å²) >= 11 is 0. The number of ether oxygens (including phenoxy) is 1. The SMILES string of the molecule is CCOC(=O)C(C)(Cc1ccccn1)C(=O)O. The summed E-state index contributed by atoms with van der Waals surface area (Å²) < 4.78 is 4.79. The van der Waals surface area contributed by atoms with Crippen molar-refractivity contribution in [1.82, 2.24) is 4.98 Å². The lowest BCUT2D eigenvalue weighted by Gasteiger charge is -2.21. The topological polar surface area (TPSA) is 76.5 Å². The first-order chi connectivity index (χ1) is 8.00. The highest BCUT2D eigenvalue weighted by atomic mass is 16.5. The van der Waals surface area contributed by atoms with E-state index in [1.165, 1.54) is 6.92 Å². The molecule has 0 bridgehead atoms. The minimum absolute atomic E-state index is 0.0159. The summed E-state index contributed by atoms with van der Waals surface area (Å²) in [6.07, 6.45) is 1.57. The van der Waals surface area contributed by atoms with E-state index in [-0.39, 0.29) is 13.0 Å². The van der Waals surface area contributed by atoms with Crippen LogP contribution in [0.5, 0.6) is 0 Å². The van der Waals surface area contributed by atoms with Gasteiger partial charge in [-0.15, -0.1) is 0 Å². The van der Waals surface area contributed by atoms with Gasteiger partial charge in [-0.25, -0.2) is 0 Å². The molecule has 1 N–H and O–H groups in total. The lowest BCUT2D eigenvalue weighted by molar-refractivity contribution is -0.167. The van der Waals surface area contributed by atoms with Crippen molar-refractivity contribution in [2.45, 2.75) is 20.3 Å². The molecule has 17 heavy (non-hydrogen) atoms. The van der Waals surface area contributed by atoms with Gasteiger partial charge in [0.25, 0.3) is 0 Å². The monoisotopic (exact) mass is 237 g/mol. The molecule has 0 aliphatic heterocycles. The van der Waals surface area contributed by atoms with Crippen molar-refractivity contribution in [3.05, 3.63) is 30.1 Å². The number of rotatable bonds is 5. The van der Waals surface area contributed by atoms with E-state index in [2.05, 4.69) is 4.98 Å². The maximum absolute atomic E-state index is 11.7. The van der Waals surface area contributed by atoms with Crippen molar-refractivity contribution < 1.29 is 19.4 Å². The second kappa shape index (κ2) is 5.43. The Labute approximate surface area is 99.4 Å². The summed E-state index contributed by atoms with van der Waals surface area (Å²) in [6.45, 7) is 3.15. The second-order valence-corrected chi connectivity index (χ2v) is 3.86. The summed E-state index contributed by atoms with van der Waals surface area (Å²) in [5.41, 5.74) is -1.05. The number of carboxylic acid groups (broad SMARTS) is 1. The van der Waals surface area contributed by atoms with Crippen LogP contribution in [0.15, 0.2) is 24.4 Å². The normalized spacial score (nSPS) is 13.8. The summed E-state index contributed by atoms with van der Waals surface area (Å²) in [5, 5.41) is 9.16. The number of carbonyl (C=O) groups excluding carboxylic acids is 1. The van der Waals surface area contributed by atoms with E-state index in [4.69, 9.17) is 9.84 Å². The van der Waals surface area contributed by atoms with Crippen molar-refractivity contribution in [3.63, 3.8) is 0 Å². The molecule has 92 valence electrons. The van der Waals surface area contributed by atoms with Crippen LogP contribution in [0.2, 0.25) is 0 Å². The van der Waals surface area contributed by atoms with Crippen LogP contribution in [0, 0.1) is 5.41 Å². The number of pyridine rings is 1. The van der Waals surface area contributed by atoms with Crippen molar-refractivity contribution in [2.24, 2.45) is 5.41 Å². The van der Waals surface area contributed by atoms with Crippen LogP contribution in [-0.4, -0.2) is 28.6 Å². The van der Waals surface area contributed by atoms with Crippen LogP contribution >= 0.6 is 0 Å². The molecule has 1 aromatic rings. The highest BCUT2D eigenvalue weighted by Crippen LogP contribution is 2.24. The van der Waals surface area contributed by atoms with E-state index in [1.54, 1.807) is 31.3 Å². The van der Waals surface area contributed by atoms with Gasteiger partial charge >= 0.3 is 11.9 Å². The minimum Gasteiger partial charge on any atom is -0.480 e. The lowest BCUT2D eigenvalue weighted by atomic mass is 9.85. The molecule has 1 unspecified atom stereocenters. The zero-order chi connectivity index (χ0) is 12.9. The molecule has 1 heterocycles. The van der Waals surface area contributed by atoms with Gasteiger partial charge in [-0.3, -0.25) is 14.6 Å². The van der Waals surface area contributed by atoms with Crippen LogP contribution in [0.3, 0.4) is 0 Å². The Balaban J connectivity index is 2.93. The molecule has 0 aromatic carbocycles.